The molecule has 0 saturated heterocycles. The molecule has 2 heterocycles. The van der Waals surface area contributed by atoms with Gasteiger partial charge in [-0.25, -0.2) is 4.98 Å². The molecule has 2 amide bonds. The zero-order chi connectivity index (χ0) is 30.1. The van der Waals surface area contributed by atoms with Gasteiger partial charge in [-0.2, -0.15) is 0 Å². The van der Waals surface area contributed by atoms with Crippen LogP contribution in [0.3, 0.4) is 0 Å². The summed E-state index contributed by atoms with van der Waals surface area (Å²) in [6, 6.07) is 10.9. The van der Waals surface area contributed by atoms with E-state index in [1.807, 2.05) is 6.07 Å². The number of nitrogens with two attached hydrogens (primary N) is 2. The number of aromatic nitrogens is 2. The van der Waals surface area contributed by atoms with E-state index in [9.17, 15) is 22.8 Å². The highest BCUT2D eigenvalue weighted by Crippen LogP contribution is 2.30. The maximum atomic E-state index is 12.6. The highest BCUT2D eigenvalue weighted by molar-refractivity contribution is 6.09. The van der Waals surface area contributed by atoms with Crippen molar-refractivity contribution in [3.63, 3.8) is 0 Å². The number of benzene rings is 2. The number of nitrogens with zero attached hydrogens (tertiary/aromatic N) is 2. The number of pyridine rings is 2. The predicted octanol–water partition coefficient (Wildman–Crippen LogP) is 3.77. The van der Waals surface area contributed by atoms with Crippen LogP contribution >= 0.6 is 0 Å². The zero-order valence-electron chi connectivity index (χ0n) is 22.6. The molecule has 0 aliphatic heterocycles. The molecule has 0 saturated carbocycles. The molecule has 0 spiro atoms. The van der Waals surface area contributed by atoms with Gasteiger partial charge >= 0.3 is 6.36 Å². The van der Waals surface area contributed by atoms with E-state index in [2.05, 4.69) is 20.0 Å². The Kier molecular flexibility index (Phi) is 10.1. The highest BCUT2D eigenvalue weighted by atomic mass is 19.4. The summed E-state index contributed by atoms with van der Waals surface area (Å²) < 4.78 is 53.5. The Balaban J connectivity index is 1.20. The third-order valence-corrected chi connectivity index (χ3v) is 6.17. The number of ether oxygens (including phenoxy) is 3. The largest absolute Gasteiger partial charge is 0.573 e. The lowest BCUT2D eigenvalue weighted by Gasteiger charge is -2.13. The summed E-state index contributed by atoms with van der Waals surface area (Å²) in [4.78, 5) is 31.6. The van der Waals surface area contributed by atoms with Crippen LogP contribution in [0.15, 0.2) is 54.9 Å². The van der Waals surface area contributed by atoms with Crippen molar-refractivity contribution in [2.24, 2.45) is 11.5 Å². The van der Waals surface area contributed by atoms with Gasteiger partial charge in [-0.15, -0.1) is 13.2 Å². The van der Waals surface area contributed by atoms with Crippen LogP contribution < -0.4 is 26.3 Å². The number of amides is 2. The third kappa shape index (κ3) is 8.75. The summed E-state index contributed by atoms with van der Waals surface area (Å²) in [7, 11) is 0. The van der Waals surface area contributed by atoms with Crippen LogP contribution in [0, 0.1) is 0 Å². The van der Waals surface area contributed by atoms with Crippen molar-refractivity contribution in [1.82, 2.24) is 15.3 Å². The van der Waals surface area contributed by atoms with Crippen molar-refractivity contribution in [1.29, 1.82) is 0 Å². The second-order valence-corrected chi connectivity index (χ2v) is 9.46. The average Bonchev–Trinajstić information content (AvgIpc) is 2.92. The highest BCUT2D eigenvalue weighted by Gasteiger charge is 2.31. The molecule has 222 valence electrons. The van der Waals surface area contributed by atoms with Gasteiger partial charge in [0.25, 0.3) is 0 Å². The van der Waals surface area contributed by atoms with Crippen molar-refractivity contribution in [2.75, 3.05) is 26.4 Å². The second kappa shape index (κ2) is 13.9. The Morgan fingerprint density at radius 1 is 0.905 bits per heavy atom. The van der Waals surface area contributed by atoms with E-state index in [1.165, 1.54) is 6.07 Å². The lowest BCUT2D eigenvalue weighted by Crippen LogP contribution is -2.19. The topological polar surface area (TPSA) is 152 Å². The van der Waals surface area contributed by atoms with Crippen LogP contribution in [-0.2, 0) is 22.5 Å². The minimum atomic E-state index is -4.84. The fraction of sp³-hybridized carbons (Fsp3) is 0.310. The summed E-state index contributed by atoms with van der Waals surface area (Å²) in [5, 5.41) is 5.61. The average molecular weight is 586 g/mol. The summed E-state index contributed by atoms with van der Waals surface area (Å²) >= 11 is 0. The number of carbonyl (C=O) groups is 2. The van der Waals surface area contributed by atoms with Gasteiger partial charge in [0.2, 0.25) is 17.7 Å². The van der Waals surface area contributed by atoms with E-state index in [0.29, 0.717) is 54.4 Å². The first-order valence-corrected chi connectivity index (χ1v) is 13.1. The maximum absolute atomic E-state index is 12.6. The molecule has 2 aromatic carbocycles. The molecule has 5 N–H and O–H groups in total. The van der Waals surface area contributed by atoms with Gasteiger partial charge in [-0.3, -0.25) is 14.6 Å². The summed E-state index contributed by atoms with van der Waals surface area (Å²) in [5.41, 5.74) is 12.4. The minimum Gasteiger partial charge on any atom is -0.475 e. The Labute approximate surface area is 239 Å². The first-order valence-electron chi connectivity index (χ1n) is 13.1. The number of hydrogen-bond acceptors (Lipinski definition) is 8. The standard InChI is InChI=1S/C29H30F3N5O5/c30-29(31,32)42-21-12-18(14-26(33)38)11-19(13-21)16-35-6-1-2-8-40-9-10-41-28-23-5-7-36-17-24(23)22-4-3-20(27(34)39)15-25(22)37-28/h3-5,7,11-13,15,17,35H,1-2,6,8-10,14,16H2,(H2,33,38)(H2,34,39). The van der Waals surface area contributed by atoms with Gasteiger partial charge in [0.05, 0.1) is 18.5 Å². The molecule has 0 aliphatic rings. The molecule has 13 heteroatoms. The Morgan fingerprint density at radius 2 is 1.71 bits per heavy atom. The minimum absolute atomic E-state index is 0.191. The Hall–Kier alpha value is -4.49. The molecular formula is C29H30F3N5O5. The fourth-order valence-electron chi connectivity index (χ4n) is 4.39. The van der Waals surface area contributed by atoms with Crippen LogP contribution in [0.2, 0.25) is 0 Å². The van der Waals surface area contributed by atoms with Gasteiger partial charge in [0.1, 0.15) is 12.4 Å². The molecular weight excluding hydrogens is 555 g/mol. The van der Waals surface area contributed by atoms with Crippen LogP contribution in [-0.4, -0.2) is 54.5 Å². The molecule has 0 atom stereocenters. The van der Waals surface area contributed by atoms with Crippen LogP contribution in [0.25, 0.3) is 21.7 Å². The first kappa shape index (κ1) is 30.5. The van der Waals surface area contributed by atoms with Crippen LogP contribution in [0.1, 0.15) is 34.3 Å². The Morgan fingerprint density at radius 3 is 2.48 bits per heavy atom. The number of fused-ring (bicyclic) bond motifs is 3. The molecule has 0 fully saturated rings. The third-order valence-electron chi connectivity index (χ3n) is 6.17. The maximum Gasteiger partial charge on any atom is 0.573 e. The summed E-state index contributed by atoms with van der Waals surface area (Å²) in [5.74, 6) is -1.19. The number of unbranched alkanes of at least 4 members (excludes halogenated alkanes) is 1. The normalized spacial score (nSPS) is 11.6. The molecule has 10 nitrogen and oxygen atoms in total. The van der Waals surface area contributed by atoms with Gasteiger partial charge in [-0.05, 0) is 60.8 Å². The van der Waals surface area contributed by atoms with Crippen molar-refractivity contribution in [2.45, 2.75) is 32.2 Å². The van der Waals surface area contributed by atoms with Crippen molar-refractivity contribution in [3.05, 3.63) is 71.5 Å². The smallest absolute Gasteiger partial charge is 0.475 e. The van der Waals surface area contributed by atoms with Gasteiger partial charge in [0, 0.05) is 47.3 Å². The van der Waals surface area contributed by atoms with Gasteiger partial charge in [0.15, 0.2) is 0 Å². The number of rotatable bonds is 15. The quantitative estimate of drug-likeness (QED) is 0.141. The molecule has 2 aromatic heterocycles. The SMILES string of the molecule is NC(=O)Cc1cc(CNCCCCOCCOc2nc3cc(C(N)=O)ccc3c3cnccc23)cc(OC(F)(F)F)c1. The fourth-order valence-corrected chi connectivity index (χ4v) is 4.39. The first-order chi connectivity index (χ1) is 20.1. The summed E-state index contributed by atoms with van der Waals surface area (Å²) in [6.07, 6.45) is -0.153. The summed E-state index contributed by atoms with van der Waals surface area (Å²) in [6.45, 7) is 1.96. The monoisotopic (exact) mass is 585 g/mol. The number of alkyl halides is 3. The molecule has 0 radical (unpaired) electrons. The van der Waals surface area contributed by atoms with Gasteiger partial charge in [-0.1, -0.05) is 12.1 Å². The number of nitrogens with one attached hydrogen (secondary N) is 1. The molecule has 42 heavy (non-hydrogen) atoms. The lowest BCUT2D eigenvalue weighted by atomic mass is 10.1. The molecule has 4 aromatic rings. The van der Waals surface area contributed by atoms with Gasteiger partial charge < -0.3 is 31.0 Å². The predicted molar refractivity (Wildman–Crippen MR) is 149 cm³/mol. The second-order valence-electron chi connectivity index (χ2n) is 9.46. The molecule has 4 rings (SSSR count). The van der Waals surface area contributed by atoms with Crippen molar-refractivity contribution < 1.29 is 37.0 Å². The zero-order valence-corrected chi connectivity index (χ0v) is 22.6. The van der Waals surface area contributed by atoms with E-state index in [1.54, 1.807) is 36.7 Å². The number of primary amides is 2. The molecule has 0 bridgehead atoms. The van der Waals surface area contributed by atoms with Crippen LogP contribution in [0.4, 0.5) is 13.2 Å². The van der Waals surface area contributed by atoms with E-state index in [0.717, 1.165) is 35.1 Å². The number of hydrogen-bond donors (Lipinski definition) is 3. The van der Waals surface area contributed by atoms with E-state index in [4.69, 9.17) is 20.9 Å². The van der Waals surface area contributed by atoms with Crippen molar-refractivity contribution in [3.8, 4) is 11.6 Å². The molecule has 0 unspecified atom stereocenters. The number of carbonyl (C=O) groups excluding carboxylic acids is 2. The van der Waals surface area contributed by atoms with E-state index < -0.39 is 23.9 Å². The Bertz CT molecular complexity index is 1560. The number of halogens is 3. The van der Waals surface area contributed by atoms with Crippen molar-refractivity contribution >= 4 is 33.5 Å². The van der Waals surface area contributed by atoms with E-state index >= 15 is 0 Å². The lowest BCUT2D eigenvalue weighted by molar-refractivity contribution is -0.274. The van der Waals surface area contributed by atoms with Crippen LogP contribution in [0.5, 0.6) is 11.6 Å². The van der Waals surface area contributed by atoms with E-state index in [-0.39, 0.29) is 13.0 Å². The molecule has 0 aliphatic carbocycles.